The van der Waals surface area contributed by atoms with Crippen LogP contribution in [0.25, 0.3) is 0 Å². The number of carbonyl (C=O) groups excluding carboxylic acids is 1. The highest BCUT2D eigenvalue weighted by Crippen LogP contribution is 1.89. The quantitative estimate of drug-likeness (QED) is 0.511. The number of carbonyl (C=O) groups is 1. The first kappa shape index (κ1) is 9.23. The predicted molar refractivity (Wildman–Crippen MR) is 40.5 cm³/mol. The van der Waals surface area contributed by atoms with Crippen LogP contribution in [0.2, 0.25) is 0 Å². The number of primary amides is 1. The first-order valence-corrected chi connectivity index (χ1v) is 3.45. The number of amides is 2. The van der Waals surface area contributed by atoms with Gasteiger partial charge in [0, 0.05) is 12.6 Å². The Labute approximate surface area is 61.0 Å². The molecule has 1 atom stereocenters. The van der Waals surface area contributed by atoms with Crippen LogP contribution in [0.4, 0.5) is 4.79 Å². The number of rotatable bonds is 4. The molecule has 2 amide bonds. The van der Waals surface area contributed by atoms with Crippen molar-refractivity contribution < 1.29 is 4.79 Å². The van der Waals surface area contributed by atoms with Crippen LogP contribution in [0.3, 0.4) is 0 Å². The van der Waals surface area contributed by atoms with Gasteiger partial charge in [-0.15, -0.1) is 0 Å². The van der Waals surface area contributed by atoms with E-state index in [-0.39, 0.29) is 6.04 Å². The van der Waals surface area contributed by atoms with Crippen LogP contribution in [0, 0.1) is 0 Å². The van der Waals surface area contributed by atoms with Gasteiger partial charge in [-0.1, -0.05) is 13.3 Å². The lowest BCUT2D eigenvalue weighted by atomic mass is 10.2. The monoisotopic (exact) mass is 145 g/mol. The summed E-state index contributed by atoms with van der Waals surface area (Å²) < 4.78 is 0. The molecule has 1 unspecified atom stereocenters. The lowest BCUT2D eigenvalue weighted by Crippen LogP contribution is -2.39. The molecule has 0 bridgehead atoms. The second-order valence-electron chi connectivity index (χ2n) is 2.29. The number of nitrogens with two attached hydrogens (primary N) is 2. The van der Waals surface area contributed by atoms with Crippen LogP contribution in [0.15, 0.2) is 0 Å². The highest BCUT2D eigenvalue weighted by atomic mass is 16.2. The lowest BCUT2D eigenvalue weighted by Gasteiger charge is -2.08. The molecule has 0 saturated carbocycles. The number of hydrogen-bond donors (Lipinski definition) is 3. The van der Waals surface area contributed by atoms with Crippen LogP contribution in [-0.4, -0.2) is 18.6 Å². The van der Waals surface area contributed by atoms with Gasteiger partial charge in [-0.2, -0.15) is 0 Å². The molecule has 0 aliphatic carbocycles. The minimum absolute atomic E-state index is 0.0394. The SMILES string of the molecule is CCCC(N)CNC(N)=O. The zero-order valence-corrected chi connectivity index (χ0v) is 6.26. The van der Waals surface area contributed by atoms with E-state index >= 15 is 0 Å². The van der Waals surface area contributed by atoms with Crippen LogP contribution < -0.4 is 16.8 Å². The minimum atomic E-state index is -0.508. The first-order chi connectivity index (χ1) is 4.66. The molecule has 0 rings (SSSR count). The predicted octanol–water partition coefficient (Wildman–Crippen LogP) is -0.218. The van der Waals surface area contributed by atoms with E-state index in [1.807, 2.05) is 6.92 Å². The van der Waals surface area contributed by atoms with E-state index in [9.17, 15) is 4.79 Å². The molecule has 0 heterocycles. The zero-order chi connectivity index (χ0) is 7.98. The van der Waals surface area contributed by atoms with Crippen molar-refractivity contribution in [3.05, 3.63) is 0 Å². The Balaban J connectivity index is 3.21. The van der Waals surface area contributed by atoms with E-state index in [4.69, 9.17) is 11.5 Å². The average molecular weight is 145 g/mol. The van der Waals surface area contributed by atoms with E-state index in [1.165, 1.54) is 0 Å². The molecule has 0 aromatic heterocycles. The van der Waals surface area contributed by atoms with Crippen molar-refractivity contribution in [2.75, 3.05) is 6.54 Å². The van der Waals surface area contributed by atoms with E-state index in [1.54, 1.807) is 0 Å². The maximum absolute atomic E-state index is 10.2. The summed E-state index contributed by atoms with van der Waals surface area (Å²) in [5, 5.41) is 2.44. The molecule has 0 aliphatic rings. The number of nitrogens with one attached hydrogen (secondary N) is 1. The van der Waals surface area contributed by atoms with Crippen molar-refractivity contribution in [1.29, 1.82) is 0 Å². The third kappa shape index (κ3) is 5.37. The third-order valence-electron chi connectivity index (χ3n) is 1.20. The van der Waals surface area contributed by atoms with E-state index in [0.717, 1.165) is 12.8 Å². The van der Waals surface area contributed by atoms with Gasteiger partial charge in [0.2, 0.25) is 0 Å². The Kier molecular flexibility index (Phi) is 4.66. The highest BCUT2D eigenvalue weighted by Gasteiger charge is 2.00. The van der Waals surface area contributed by atoms with Gasteiger partial charge in [-0.05, 0) is 6.42 Å². The summed E-state index contributed by atoms with van der Waals surface area (Å²) >= 11 is 0. The molecule has 0 aliphatic heterocycles. The van der Waals surface area contributed by atoms with Crippen LogP contribution in [0.1, 0.15) is 19.8 Å². The zero-order valence-electron chi connectivity index (χ0n) is 6.26. The summed E-state index contributed by atoms with van der Waals surface area (Å²) in [6.07, 6.45) is 1.95. The largest absolute Gasteiger partial charge is 0.352 e. The Morgan fingerprint density at radius 3 is 2.70 bits per heavy atom. The number of urea groups is 1. The summed E-state index contributed by atoms with van der Waals surface area (Å²) in [4.78, 5) is 10.2. The van der Waals surface area contributed by atoms with Crippen molar-refractivity contribution in [2.45, 2.75) is 25.8 Å². The van der Waals surface area contributed by atoms with Crippen LogP contribution >= 0.6 is 0 Å². The topological polar surface area (TPSA) is 81.1 Å². The fraction of sp³-hybridized carbons (Fsp3) is 0.833. The molecular formula is C6H15N3O. The minimum Gasteiger partial charge on any atom is -0.352 e. The standard InChI is InChI=1S/C6H15N3O/c1-2-3-5(7)4-9-6(8)10/h5H,2-4,7H2,1H3,(H3,8,9,10). The van der Waals surface area contributed by atoms with E-state index < -0.39 is 6.03 Å². The Morgan fingerprint density at radius 1 is 1.70 bits per heavy atom. The maximum atomic E-state index is 10.2. The maximum Gasteiger partial charge on any atom is 0.312 e. The Bertz CT molecular complexity index is 105. The highest BCUT2D eigenvalue weighted by molar-refractivity contribution is 5.71. The van der Waals surface area contributed by atoms with Gasteiger partial charge in [-0.3, -0.25) is 0 Å². The molecule has 4 nitrogen and oxygen atoms in total. The molecule has 10 heavy (non-hydrogen) atoms. The van der Waals surface area contributed by atoms with Crippen LogP contribution in [-0.2, 0) is 0 Å². The number of hydrogen-bond acceptors (Lipinski definition) is 2. The van der Waals surface area contributed by atoms with Crippen LogP contribution in [0.5, 0.6) is 0 Å². The summed E-state index contributed by atoms with van der Waals surface area (Å²) in [6, 6.07) is -0.468. The van der Waals surface area contributed by atoms with Crippen molar-refractivity contribution >= 4 is 6.03 Å². The molecular weight excluding hydrogens is 130 g/mol. The molecule has 4 heteroatoms. The smallest absolute Gasteiger partial charge is 0.312 e. The summed E-state index contributed by atoms with van der Waals surface area (Å²) in [7, 11) is 0. The van der Waals surface area contributed by atoms with Gasteiger partial charge < -0.3 is 16.8 Å². The van der Waals surface area contributed by atoms with Crippen molar-refractivity contribution in [3.8, 4) is 0 Å². The van der Waals surface area contributed by atoms with E-state index in [0.29, 0.717) is 6.54 Å². The van der Waals surface area contributed by atoms with Gasteiger partial charge in [0.25, 0.3) is 0 Å². The van der Waals surface area contributed by atoms with Gasteiger partial charge >= 0.3 is 6.03 Å². The van der Waals surface area contributed by atoms with Crippen molar-refractivity contribution in [2.24, 2.45) is 11.5 Å². The lowest BCUT2D eigenvalue weighted by molar-refractivity contribution is 0.248. The summed E-state index contributed by atoms with van der Waals surface area (Å²) in [6.45, 7) is 2.52. The summed E-state index contributed by atoms with van der Waals surface area (Å²) in [5.41, 5.74) is 10.4. The third-order valence-corrected chi connectivity index (χ3v) is 1.20. The molecule has 0 spiro atoms. The summed E-state index contributed by atoms with van der Waals surface area (Å²) in [5.74, 6) is 0. The second-order valence-corrected chi connectivity index (χ2v) is 2.29. The Morgan fingerprint density at radius 2 is 2.30 bits per heavy atom. The fourth-order valence-corrected chi connectivity index (χ4v) is 0.705. The normalized spacial score (nSPS) is 12.6. The van der Waals surface area contributed by atoms with Gasteiger partial charge in [-0.25, -0.2) is 4.79 Å². The molecule has 0 aromatic rings. The van der Waals surface area contributed by atoms with Crippen molar-refractivity contribution in [1.82, 2.24) is 5.32 Å². The molecule has 0 saturated heterocycles. The molecule has 0 aromatic carbocycles. The van der Waals surface area contributed by atoms with E-state index in [2.05, 4.69) is 5.32 Å². The molecule has 60 valence electrons. The molecule has 0 fully saturated rings. The van der Waals surface area contributed by atoms with Gasteiger partial charge in [0.15, 0.2) is 0 Å². The second kappa shape index (κ2) is 5.05. The van der Waals surface area contributed by atoms with Gasteiger partial charge in [0.1, 0.15) is 0 Å². The Hall–Kier alpha value is -0.770. The molecule has 5 N–H and O–H groups in total. The average Bonchev–Trinajstić information content (AvgIpc) is 1.85. The first-order valence-electron chi connectivity index (χ1n) is 3.45. The van der Waals surface area contributed by atoms with Crippen molar-refractivity contribution in [3.63, 3.8) is 0 Å². The molecule has 0 radical (unpaired) electrons. The fourth-order valence-electron chi connectivity index (χ4n) is 0.705. The van der Waals surface area contributed by atoms with Gasteiger partial charge in [0.05, 0.1) is 0 Å².